The lowest BCUT2D eigenvalue weighted by molar-refractivity contribution is -0.142. The molecule has 2 saturated heterocycles. The standard InChI is InChI=1S/C19H28N2O7S/c1-26-14-15-28-17-4-2-16(3-5-17)20-8-10-21(11-9-20)29(24,25)19(18(22)23)6-12-27-13-7-19/h2-5H,6-15H2,1H3,(H,22,23). The molecular formula is C19H28N2O7S. The van der Waals surface area contributed by atoms with Crippen molar-refractivity contribution in [3.63, 3.8) is 0 Å². The number of hydrogen-bond acceptors (Lipinski definition) is 7. The summed E-state index contributed by atoms with van der Waals surface area (Å²) in [4.78, 5) is 14.0. The molecule has 0 spiro atoms. The molecule has 0 radical (unpaired) electrons. The fourth-order valence-corrected chi connectivity index (χ4v) is 5.75. The first-order valence-corrected chi connectivity index (χ1v) is 11.1. The molecule has 1 aromatic carbocycles. The molecule has 2 heterocycles. The van der Waals surface area contributed by atoms with E-state index in [1.807, 2.05) is 24.3 Å². The van der Waals surface area contributed by atoms with Gasteiger partial charge in [0.1, 0.15) is 12.4 Å². The Bertz CT molecular complexity index is 783. The third-order valence-electron chi connectivity index (χ3n) is 5.52. The van der Waals surface area contributed by atoms with Gasteiger partial charge in [0.15, 0.2) is 4.75 Å². The number of piperazine rings is 1. The van der Waals surface area contributed by atoms with E-state index in [1.165, 1.54) is 4.31 Å². The van der Waals surface area contributed by atoms with Crippen LogP contribution in [0.1, 0.15) is 12.8 Å². The van der Waals surface area contributed by atoms with Gasteiger partial charge in [0, 0.05) is 65.0 Å². The minimum atomic E-state index is -3.98. The van der Waals surface area contributed by atoms with Crippen molar-refractivity contribution >= 4 is 21.7 Å². The van der Waals surface area contributed by atoms with Gasteiger partial charge in [-0.05, 0) is 24.3 Å². The van der Waals surface area contributed by atoms with Crippen molar-refractivity contribution in [2.75, 3.05) is 64.6 Å². The average molecular weight is 429 g/mol. The van der Waals surface area contributed by atoms with E-state index in [2.05, 4.69) is 4.90 Å². The predicted molar refractivity (Wildman–Crippen MR) is 107 cm³/mol. The number of rotatable bonds is 8. The molecule has 0 aromatic heterocycles. The maximum atomic E-state index is 13.2. The number of carboxylic acids is 1. The monoisotopic (exact) mass is 428 g/mol. The lowest BCUT2D eigenvalue weighted by Gasteiger charge is -2.41. The Kier molecular flexibility index (Phi) is 6.99. The van der Waals surface area contributed by atoms with Crippen molar-refractivity contribution in [1.29, 1.82) is 0 Å². The number of benzene rings is 1. The van der Waals surface area contributed by atoms with E-state index in [0.717, 1.165) is 11.4 Å². The molecule has 0 amide bonds. The van der Waals surface area contributed by atoms with Crippen LogP contribution in [0.3, 0.4) is 0 Å². The zero-order chi connectivity index (χ0) is 20.9. The van der Waals surface area contributed by atoms with Gasteiger partial charge in [-0.15, -0.1) is 0 Å². The largest absolute Gasteiger partial charge is 0.491 e. The van der Waals surface area contributed by atoms with Crippen LogP contribution in [0, 0.1) is 0 Å². The van der Waals surface area contributed by atoms with E-state index >= 15 is 0 Å². The van der Waals surface area contributed by atoms with E-state index in [1.54, 1.807) is 7.11 Å². The summed E-state index contributed by atoms with van der Waals surface area (Å²) in [6.07, 6.45) is -0.0369. The lowest BCUT2D eigenvalue weighted by atomic mass is 9.99. The molecule has 2 fully saturated rings. The number of sulfonamides is 1. The number of carbonyl (C=O) groups is 1. The van der Waals surface area contributed by atoms with Gasteiger partial charge < -0.3 is 24.2 Å². The van der Waals surface area contributed by atoms with E-state index < -0.39 is 20.7 Å². The van der Waals surface area contributed by atoms with Crippen molar-refractivity contribution in [2.45, 2.75) is 17.6 Å². The Morgan fingerprint density at radius 2 is 1.72 bits per heavy atom. The zero-order valence-corrected chi connectivity index (χ0v) is 17.4. The predicted octanol–water partition coefficient (Wildman–Crippen LogP) is 0.797. The topological polar surface area (TPSA) is 106 Å². The molecule has 2 aliphatic rings. The molecule has 29 heavy (non-hydrogen) atoms. The highest BCUT2D eigenvalue weighted by atomic mass is 32.2. The quantitative estimate of drug-likeness (QED) is 0.606. The van der Waals surface area contributed by atoms with Crippen LogP contribution in [0.5, 0.6) is 5.75 Å². The molecular weight excluding hydrogens is 400 g/mol. The van der Waals surface area contributed by atoms with Crippen LogP contribution in [0.25, 0.3) is 0 Å². The first-order valence-electron chi connectivity index (χ1n) is 9.68. The highest BCUT2D eigenvalue weighted by Gasteiger charge is 2.54. The van der Waals surface area contributed by atoms with Crippen molar-refractivity contribution in [2.24, 2.45) is 0 Å². The maximum Gasteiger partial charge on any atom is 0.326 e. The summed E-state index contributed by atoms with van der Waals surface area (Å²) in [5.74, 6) is -0.540. The van der Waals surface area contributed by atoms with Gasteiger partial charge in [-0.2, -0.15) is 4.31 Å². The molecule has 2 aliphatic heterocycles. The van der Waals surface area contributed by atoms with Crippen LogP contribution >= 0.6 is 0 Å². The van der Waals surface area contributed by atoms with Gasteiger partial charge in [-0.1, -0.05) is 0 Å². The van der Waals surface area contributed by atoms with Gasteiger partial charge in [0.05, 0.1) is 6.61 Å². The van der Waals surface area contributed by atoms with Crippen LogP contribution < -0.4 is 9.64 Å². The molecule has 1 N–H and O–H groups in total. The first kappa shape index (κ1) is 21.8. The van der Waals surface area contributed by atoms with E-state index in [0.29, 0.717) is 26.3 Å². The summed E-state index contributed by atoms with van der Waals surface area (Å²) in [7, 11) is -2.36. The molecule has 1 aromatic rings. The number of hydrogen-bond donors (Lipinski definition) is 1. The van der Waals surface area contributed by atoms with E-state index in [9.17, 15) is 18.3 Å². The van der Waals surface area contributed by atoms with Crippen LogP contribution in [0.15, 0.2) is 24.3 Å². The lowest BCUT2D eigenvalue weighted by Crippen LogP contribution is -2.59. The van der Waals surface area contributed by atoms with Crippen LogP contribution in [-0.4, -0.2) is 88.3 Å². The Morgan fingerprint density at radius 1 is 1.10 bits per heavy atom. The molecule has 10 heteroatoms. The highest BCUT2D eigenvalue weighted by molar-refractivity contribution is 7.91. The number of methoxy groups -OCH3 is 1. The number of aliphatic carboxylic acids is 1. The first-order chi connectivity index (χ1) is 13.9. The third kappa shape index (κ3) is 4.50. The summed E-state index contributed by atoms with van der Waals surface area (Å²) >= 11 is 0. The molecule has 9 nitrogen and oxygen atoms in total. The summed E-state index contributed by atoms with van der Waals surface area (Å²) in [6.45, 7) is 2.78. The van der Waals surface area contributed by atoms with Gasteiger partial charge in [-0.25, -0.2) is 8.42 Å². The van der Waals surface area contributed by atoms with Crippen molar-refractivity contribution in [1.82, 2.24) is 4.31 Å². The molecule has 0 bridgehead atoms. The number of anilines is 1. The summed E-state index contributed by atoms with van der Waals surface area (Å²) in [5, 5.41) is 9.70. The van der Waals surface area contributed by atoms with Gasteiger partial charge >= 0.3 is 5.97 Å². The normalized spacial score (nSPS) is 20.4. The van der Waals surface area contributed by atoms with Gasteiger partial charge in [0.25, 0.3) is 0 Å². The van der Waals surface area contributed by atoms with Crippen molar-refractivity contribution < 1.29 is 32.5 Å². The summed E-state index contributed by atoms with van der Waals surface area (Å²) in [6, 6.07) is 7.61. The molecule has 0 saturated carbocycles. The van der Waals surface area contributed by atoms with Gasteiger partial charge in [0.2, 0.25) is 10.0 Å². The van der Waals surface area contributed by atoms with E-state index in [4.69, 9.17) is 14.2 Å². The Hall–Kier alpha value is -1.88. The Morgan fingerprint density at radius 3 is 2.28 bits per heavy atom. The summed E-state index contributed by atoms with van der Waals surface area (Å²) < 4.78 is 41.6. The smallest absolute Gasteiger partial charge is 0.326 e. The minimum absolute atomic E-state index is 0.0184. The second-order valence-corrected chi connectivity index (χ2v) is 9.39. The number of ether oxygens (including phenoxy) is 3. The molecule has 0 atom stereocenters. The van der Waals surface area contributed by atoms with Gasteiger partial charge in [-0.3, -0.25) is 4.79 Å². The van der Waals surface area contributed by atoms with Crippen molar-refractivity contribution in [3.8, 4) is 5.75 Å². The van der Waals surface area contributed by atoms with Crippen LogP contribution in [-0.2, 0) is 24.3 Å². The zero-order valence-electron chi connectivity index (χ0n) is 16.6. The molecule has 0 aliphatic carbocycles. The second kappa shape index (κ2) is 9.29. The number of carboxylic acid groups (broad SMARTS) is 1. The number of nitrogens with zero attached hydrogens (tertiary/aromatic N) is 2. The molecule has 3 rings (SSSR count). The highest BCUT2D eigenvalue weighted by Crippen LogP contribution is 2.34. The van der Waals surface area contributed by atoms with Crippen LogP contribution in [0.4, 0.5) is 5.69 Å². The molecule has 0 unspecified atom stereocenters. The maximum absolute atomic E-state index is 13.2. The Labute approximate surface area is 171 Å². The fourth-order valence-electron chi connectivity index (χ4n) is 3.71. The third-order valence-corrected chi connectivity index (χ3v) is 8.14. The second-order valence-electron chi connectivity index (χ2n) is 7.14. The molecule has 162 valence electrons. The summed E-state index contributed by atoms with van der Waals surface area (Å²) in [5.41, 5.74) is 0.972. The van der Waals surface area contributed by atoms with Crippen LogP contribution in [0.2, 0.25) is 0 Å². The SMILES string of the molecule is COCCOc1ccc(N2CCN(S(=O)(=O)C3(C(=O)O)CCOCC3)CC2)cc1. The average Bonchev–Trinajstić information content (AvgIpc) is 2.75. The van der Waals surface area contributed by atoms with Crippen molar-refractivity contribution in [3.05, 3.63) is 24.3 Å². The Balaban J connectivity index is 1.63. The fraction of sp³-hybridized carbons (Fsp3) is 0.632. The van der Waals surface area contributed by atoms with E-state index in [-0.39, 0.29) is 39.1 Å². The minimum Gasteiger partial charge on any atom is -0.491 e.